The van der Waals surface area contributed by atoms with Crippen LogP contribution in [-0.4, -0.2) is 67.0 Å². The summed E-state index contributed by atoms with van der Waals surface area (Å²) in [5, 5.41) is 6.99. The van der Waals surface area contributed by atoms with Gasteiger partial charge in [-0.2, -0.15) is 0 Å². The van der Waals surface area contributed by atoms with Gasteiger partial charge in [-0.1, -0.05) is 32.0 Å². The van der Waals surface area contributed by atoms with Crippen molar-refractivity contribution in [2.45, 2.75) is 33.7 Å². The molecule has 1 heterocycles. The van der Waals surface area contributed by atoms with Gasteiger partial charge in [-0.3, -0.25) is 9.79 Å². The van der Waals surface area contributed by atoms with Gasteiger partial charge in [-0.15, -0.1) is 24.0 Å². The molecule has 1 aliphatic heterocycles. The van der Waals surface area contributed by atoms with E-state index in [9.17, 15) is 4.79 Å². The zero-order chi connectivity index (χ0) is 18.9. The van der Waals surface area contributed by atoms with E-state index in [1.807, 2.05) is 23.1 Å². The maximum Gasteiger partial charge on any atom is 0.219 e. The van der Waals surface area contributed by atoms with Gasteiger partial charge in [0.05, 0.1) is 6.54 Å². The Morgan fingerprint density at radius 3 is 2.22 bits per heavy atom. The Kier molecular flexibility index (Phi) is 10.5. The summed E-state index contributed by atoms with van der Waals surface area (Å²) in [7, 11) is 0. The smallest absolute Gasteiger partial charge is 0.219 e. The number of hydrogen-bond donors (Lipinski definition) is 2. The van der Waals surface area contributed by atoms with Crippen molar-refractivity contribution in [2.24, 2.45) is 10.9 Å². The summed E-state index contributed by atoms with van der Waals surface area (Å²) in [6, 6.07) is 10.6. The molecule has 2 rings (SSSR count). The molecule has 0 aliphatic carbocycles. The number of anilines is 1. The maximum absolute atomic E-state index is 11.5. The predicted octanol–water partition coefficient (Wildman–Crippen LogP) is 2.87. The third-order valence-corrected chi connectivity index (χ3v) is 4.73. The Balaban J connectivity index is 0.00000364. The molecule has 0 radical (unpaired) electrons. The number of halogens is 1. The molecule has 0 spiro atoms. The van der Waals surface area contributed by atoms with Gasteiger partial charge in [0.1, 0.15) is 0 Å². The van der Waals surface area contributed by atoms with Crippen molar-refractivity contribution >= 4 is 41.5 Å². The molecule has 0 saturated carbocycles. The Morgan fingerprint density at radius 1 is 1.11 bits per heavy atom. The first-order chi connectivity index (χ1) is 12.5. The SMILES string of the molecule is CCNC(=NCC(Nc1ccccc1)C(C)C)N1CCN(C(C)=O)CC1.I. The highest BCUT2D eigenvalue weighted by molar-refractivity contribution is 14.0. The van der Waals surface area contributed by atoms with E-state index >= 15 is 0 Å². The first kappa shape index (κ1) is 23.5. The molecule has 152 valence electrons. The summed E-state index contributed by atoms with van der Waals surface area (Å²) in [4.78, 5) is 20.6. The monoisotopic (exact) mass is 487 g/mol. The van der Waals surface area contributed by atoms with E-state index < -0.39 is 0 Å². The maximum atomic E-state index is 11.5. The van der Waals surface area contributed by atoms with Gasteiger partial charge in [-0.25, -0.2) is 0 Å². The van der Waals surface area contributed by atoms with E-state index in [4.69, 9.17) is 4.99 Å². The van der Waals surface area contributed by atoms with Crippen LogP contribution in [-0.2, 0) is 4.79 Å². The number of nitrogens with zero attached hydrogens (tertiary/aromatic N) is 3. The van der Waals surface area contributed by atoms with Crippen LogP contribution in [0, 0.1) is 5.92 Å². The number of carbonyl (C=O) groups excluding carboxylic acids is 1. The highest BCUT2D eigenvalue weighted by Gasteiger charge is 2.21. The average molecular weight is 487 g/mol. The van der Waals surface area contributed by atoms with Gasteiger partial charge in [0.15, 0.2) is 5.96 Å². The largest absolute Gasteiger partial charge is 0.380 e. The number of nitrogens with one attached hydrogen (secondary N) is 2. The number of guanidine groups is 1. The normalized spacial score (nSPS) is 16.0. The summed E-state index contributed by atoms with van der Waals surface area (Å²) < 4.78 is 0. The van der Waals surface area contributed by atoms with Crippen molar-refractivity contribution in [2.75, 3.05) is 44.6 Å². The second-order valence-electron chi connectivity index (χ2n) is 7.05. The van der Waals surface area contributed by atoms with Crippen molar-refractivity contribution < 1.29 is 4.79 Å². The minimum absolute atomic E-state index is 0. The number of hydrogen-bond acceptors (Lipinski definition) is 3. The van der Waals surface area contributed by atoms with Crippen LogP contribution in [0.1, 0.15) is 27.7 Å². The average Bonchev–Trinajstić information content (AvgIpc) is 2.64. The Morgan fingerprint density at radius 2 is 1.70 bits per heavy atom. The Hall–Kier alpha value is -1.51. The number of amides is 1. The number of benzene rings is 1. The number of rotatable bonds is 6. The fraction of sp³-hybridized carbons (Fsp3) is 0.600. The van der Waals surface area contributed by atoms with Crippen LogP contribution in [0.25, 0.3) is 0 Å². The van der Waals surface area contributed by atoms with Gasteiger partial charge >= 0.3 is 0 Å². The van der Waals surface area contributed by atoms with Crippen LogP contribution in [0.3, 0.4) is 0 Å². The van der Waals surface area contributed by atoms with Crippen molar-refractivity contribution in [3.63, 3.8) is 0 Å². The highest BCUT2D eigenvalue weighted by Crippen LogP contribution is 2.13. The van der Waals surface area contributed by atoms with Gasteiger partial charge < -0.3 is 20.4 Å². The molecule has 1 aliphatic rings. The molecule has 1 aromatic carbocycles. The van der Waals surface area contributed by atoms with Crippen molar-refractivity contribution in [3.8, 4) is 0 Å². The third kappa shape index (κ3) is 7.56. The number of piperazine rings is 1. The second-order valence-corrected chi connectivity index (χ2v) is 7.05. The van der Waals surface area contributed by atoms with Crippen molar-refractivity contribution in [3.05, 3.63) is 30.3 Å². The lowest BCUT2D eigenvalue weighted by molar-refractivity contribution is -0.130. The van der Waals surface area contributed by atoms with E-state index in [-0.39, 0.29) is 35.9 Å². The molecule has 0 aromatic heterocycles. The summed E-state index contributed by atoms with van der Waals surface area (Å²) in [5.74, 6) is 1.56. The minimum atomic E-state index is 0. The van der Waals surface area contributed by atoms with Gasteiger partial charge in [0, 0.05) is 51.4 Å². The molecule has 1 aromatic rings. The molecular formula is C20H34IN5O. The summed E-state index contributed by atoms with van der Waals surface area (Å²) in [5.41, 5.74) is 1.13. The zero-order valence-corrected chi connectivity index (χ0v) is 19.3. The molecule has 1 saturated heterocycles. The highest BCUT2D eigenvalue weighted by atomic mass is 127. The second kappa shape index (κ2) is 12.0. The zero-order valence-electron chi connectivity index (χ0n) is 16.9. The predicted molar refractivity (Wildman–Crippen MR) is 124 cm³/mol. The number of carbonyl (C=O) groups is 1. The Labute approximate surface area is 180 Å². The van der Waals surface area contributed by atoms with Crippen LogP contribution in [0.15, 0.2) is 35.3 Å². The fourth-order valence-electron chi connectivity index (χ4n) is 3.02. The van der Waals surface area contributed by atoms with Gasteiger partial charge in [0.25, 0.3) is 0 Å². The Bertz CT molecular complexity index is 585. The lowest BCUT2D eigenvalue weighted by Gasteiger charge is -2.36. The third-order valence-electron chi connectivity index (χ3n) is 4.73. The molecule has 1 unspecified atom stereocenters. The number of para-hydroxylation sites is 1. The molecule has 1 atom stereocenters. The minimum Gasteiger partial charge on any atom is -0.380 e. The molecular weight excluding hydrogens is 453 g/mol. The standard InChI is InChI=1S/C20H33N5O.HI/c1-5-21-20(25-13-11-24(12-14-25)17(4)26)22-15-19(16(2)3)23-18-9-7-6-8-10-18;/h6-10,16,19,23H,5,11-15H2,1-4H3,(H,21,22);1H. The van der Waals surface area contributed by atoms with E-state index in [1.54, 1.807) is 6.92 Å². The van der Waals surface area contributed by atoms with E-state index in [1.165, 1.54) is 0 Å². The van der Waals surface area contributed by atoms with Crippen LogP contribution >= 0.6 is 24.0 Å². The van der Waals surface area contributed by atoms with Crippen LogP contribution in [0.5, 0.6) is 0 Å². The molecule has 1 fully saturated rings. The quantitative estimate of drug-likeness (QED) is 0.368. The molecule has 1 amide bonds. The summed E-state index contributed by atoms with van der Waals surface area (Å²) >= 11 is 0. The van der Waals surface area contributed by atoms with E-state index in [0.717, 1.165) is 44.4 Å². The van der Waals surface area contributed by atoms with E-state index in [0.29, 0.717) is 12.5 Å². The number of aliphatic imine (C=N–C) groups is 1. The van der Waals surface area contributed by atoms with Crippen LogP contribution < -0.4 is 10.6 Å². The van der Waals surface area contributed by atoms with Gasteiger partial charge in [0.2, 0.25) is 5.91 Å². The molecule has 27 heavy (non-hydrogen) atoms. The van der Waals surface area contributed by atoms with Gasteiger partial charge in [-0.05, 0) is 25.0 Å². The van der Waals surface area contributed by atoms with Crippen LogP contribution in [0.4, 0.5) is 5.69 Å². The fourth-order valence-corrected chi connectivity index (χ4v) is 3.02. The lowest BCUT2D eigenvalue weighted by atomic mass is 10.0. The first-order valence-electron chi connectivity index (χ1n) is 9.61. The van der Waals surface area contributed by atoms with E-state index in [2.05, 4.69) is 48.4 Å². The van der Waals surface area contributed by atoms with Crippen molar-refractivity contribution in [1.29, 1.82) is 0 Å². The van der Waals surface area contributed by atoms with Crippen LogP contribution in [0.2, 0.25) is 0 Å². The molecule has 7 heteroatoms. The van der Waals surface area contributed by atoms with Crippen molar-refractivity contribution in [1.82, 2.24) is 15.1 Å². The molecule has 6 nitrogen and oxygen atoms in total. The first-order valence-corrected chi connectivity index (χ1v) is 9.61. The molecule has 0 bridgehead atoms. The topological polar surface area (TPSA) is 60.0 Å². The molecule has 2 N–H and O–H groups in total. The summed E-state index contributed by atoms with van der Waals surface area (Å²) in [6.45, 7) is 12.9. The summed E-state index contributed by atoms with van der Waals surface area (Å²) in [6.07, 6.45) is 0. The lowest BCUT2D eigenvalue weighted by Crippen LogP contribution is -2.53.